The van der Waals surface area contributed by atoms with Crippen molar-refractivity contribution in [2.45, 2.75) is 51.5 Å². The number of pyridine rings is 1. The molecule has 1 aromatic heterocycles. The van der Waals surface area contributed by atoms with Crippen LogP contribution in [0.3, 0.4) is 0 Å². The second-order valence-electron chi connectivity index (χ2n) is 5.41. The van der Waals surface area contributed by atoms with E-state index in [9.17, 15) is 4.79 Å². The Morgan fingerprint density at radius 1 is 1.55 bits per heavy atom. The third-order valence-electron chi connectivity index (χ3n) is 3.65. The Morgan fingerprint density at radius 2 is 2.27 bits per heavy atom. The average Bonchev–Trinajstić information content (AvgIpc) is 2.52. The van der Waals surface area contributed by atoms with Gasteiger partial charge in [0, 0.05) is 18.2 Å². The van der Waals surface area contributed by atoms with Gasteiger partial charge in [0.2, 0.25) is 0 Å². The number of carbonyl (C=O) groups is 1. The van der Waals surface area contributed by atoms with Crippen molar-refractivity contribution in [3.8, 4) is 0 Å². The standard InChI is InChI=1S/C12H17N2.C5H9O2.Li/c1-2-3-6-11-8-7-10-5-4-9-13-12(10)14-11;1-3-4(2)5(6)7;/h4-5,9,11H,1-3,6-8H2,(H,13,14);4H,1,3H2,2H3,(H,6,7);/q2*-1;+1/t11-;;/m1../s1. The maximum atomic E-state index is 9.89. The van der Waals surface area contributed by atoms with E-state index in [1.54, 1.807) is 6.92 Å². The summed E-state index contributed by atoms with van der Waals surface area (Å²) >= 11 is 0. The molecule has 1 unspecified atom stereocenters. The molecule has 0 bridgehead atoms. The molecule has 1 aliphatic heterocycles. The van der Waals surface area contributed by atoms with Crippen molar-refractivity contribution < 1.29 is 28.8 Å². The summed E-state index contributed by atoms with van der Waals surface area (Å²) in [5.41, 5.74) is 1.36. The van der Waals surface area contributed by atoms with Crippen molar-refractivity contribution >= 4 is 11.8 Å². The molecule has 2 atom stereocenters. The van der Waals surface area contributed by atoms with Gasteiger partial charge in [-0.3, -0.25) is 4.79 Å². The van der Waals surface area contributed by atoms with E-state index in [-0.39, 0.29) is 24.8 Å². The van der Waals surface area contributed by atoms with Crippen LogP contribution in [-0.2, 0) is 11.2 Å². The number of anilines is 1. The smallest absolute Gasteiger partial charge is 0.481 e. The number of unbranched alkanes of at least 4 members (excludes halogenated alkanes) is 1. The first-order valence-electron chi connectivity index (χ1n) is 7.60. The number of nitrogens with one attached hydrogen (secondary N) is 1. The van der Waals surface area contributed by atoms with Gasteiger partial charge in [-0.2, -0.15) is 12.8 Å². The first-order valence-corrected chi connectivity index (χ1v) is 7.60. The molecule has 2 rings (SSSR count). The molecule has 1 aliphatic rings. The van der Waals surface area contributed by atoms with Gasteiger partial charge in [-0.1, -0.05) is 19.4 Å². The van der Waals surface area contributed by atoms with E-state index in [2.05, 4.69) is 30.2 Å². The van der Waals surface area contributed by atoms with E-state index < -0.39 is 5.97 Å². The Balaban J connectivity index is 0.000000478. The molecular formula is C17H26LiN2O2-. The summed E-state index contributed by atoms with van der Waals surface area (Å²) in [4.78, 5) is 14.2. The van der Waals surface area contributed by atoms with Crippen molar-refractivity contribution in [3.05, 3.63) is 37.7 Å². The Bertz CT molecular complexity index is 440. The molecule has 2 N–H and O–H groups in total. The van der Waals surface area contributed by atoms with E-state index in [1.807, 2.05) is 12.3 Å². The maximum absolute atomic E-state index is 9.89. The Kier molecular flexibility index (Phi) is 11.1. The van der Waals surface area contributed by atoms with Crippen LogP contribution in [0.4, 0.5) is 5.82 Å². The Morgan fingerprint density at radius 3 is 2.82 bits per heavy atom. The number of aromatic nitrogens is 1. The van der Waals surface area contributed by atoms with E-state index in [4.69, 9.17) is 5.11 Å². The van der Waals surface area contributed by atoms with Gasteiger partial charge in [-0.15, -0.1) is 0 Å². The quantitative estimate of drug-likeness (QED) is 0.622. The van der Waals surface area contributed by atoms with Gasteiger partial charge in [-0.25, -0.2) is 4.98 Å². The third-order valence-corrected chi connectivity index (χ3v) is 3.65. The summed E-state index contributed by atoms with van der Waals surface area (Å²) in [5.74, 6) is 0.0304. The Hall–Kier alpha value is -0.983. The molecular weight excluding hydrogens is 271 g/mol. The number of carboxylic acids is 1. The zero-order valence-corrected chi connectivity index (χ0v) is 13.8. The van der Waals surface area contributed by atoms with Gasteiger partial charge in [-0.05, 0) is 30.9 Å². The molecule has 0 saturated heterocycles. The van der Waals surface area contributed by atoms with Gasteiger partial charge < -0.3 is 24.3 Å². The summed E-state index contributed by atoms with van der Waals surface area (Å²) in [7, 11) is 0. The predicted octanol–water partition coefficient (Wildman–Crippen LogP) is 0.748. The molecule has 22 heavy (non-hydrogen) atoms. The molecule has 2 heterocycles. The van der Waals surface area contributed by atoms with Crippen molar-refractivity contribution in [3.63, 3.8) is 0 Å². The first kappa shape index (κ1) is 21.0. The van der Waals surface area contributed by atoms with Crippen LogP contribution < -0.4 is 24.2 Å². The van der Waals surface area contributed by atoms with Gasteiger partial charge >= 0.3 is 24.8 Å². The van der Waals surface area contributed by atoms with E-state index in [0.29, 0.717) is 12.5 Å². The third kappa shape index (κ3) is 7.33. The fourth-order valence-corrected chi connectivity index (χ4v) is 2.10. The zero-order valence-electron chi connectivity index (χ0n) is 13.8. The summed E-state index contributed by atoms with van der Waals surface area (Å²) in [6.07, 6.45) is 8.19. The van der Waals surface area contributed by atoms with Crippen molar-refractivity contribution in [2.75, 3.05) is 5.32 Å². The number of rotatable bonds is 5. The molecule has 1 aromatic rings. The summed E-state index contributed by atoms with van der Waals surface area (Å²) in [6.45, 7) is 8.93. The van der Waals surface area contributed by atoms with Crippen LogP contribution in [0.25, 0.3) is 0 Å². The molecule has 118 valence electrons. The second-order valence-corrected chi connectivity index (χ2v) is 5.41. The molecule has 0 fully saturated rings. The monoisotopic (exact) mass is 297 g/mol. The number of fused-ring (bicyclic) bond motifs is 1. The minimum absolute atomic E-state index is 0. The molecule has 4 nitrogen and oxygen atoms in total. The summed E-state index contributed by atoms with van der Waals surface area (Å²) in [6, 6.07) is 4.78. The van der Waals surface area contributed by atoms with Gasteiger partial charge in [0.1, 0.15) is 5.82 Å². The van der Waals surface area contributed by atoms with E-state index in [0.717, 1.165) is 18.7 Å². The largest absolute Gasteiger partial charge is 1.00 e. The van der Waals surface area contributed by atoms with Gasteiger partial charge in [0.05, 0.1) is 0 Å². The van der Waals surface area contributed by atoms with Crippen molar-refractivity contribution in [1.82, 2.24) is 4.98 Å². The number of aliphatic carboxylic acids is 1. The van der Waals surface area contributed by atoms with E-state index in [1.165, 1.54) is 24.8 Å². The predicted molar refractivity (Wildman–Crippen MR) is 86.0 cm³/mol. The summed E-state index contributed by atoms with van der Waals surface area (Å²) in [5, 5.41) is 11.6. The van der Waals surface area contributed by atoms with Crippen LogP contribution >= 0.6 is 0 Å². The Labute approximate surface area is 146 Å². The van der Waals surface area contributed by atoms with Gasteiger partial charge in [0.15, 0.2) is 0 Å². The maximum Gasteiger partial charge on any atom is 1.00 e. The number of hydrogen-bond donors (Lipinski definition) is 2. The zero-order chi connectivity index (χ0) is 15.7. The average molecular weight is 297 g/mol. The van der Waals surface area contributed by atoms with Crippen LogP contribution in [0.1, 0.15) is 44.6 Å². The topological polar surface area (TPSA) is 62.2 Å². The fraction of sp³-hybridized carbons (Fsp3) is 0.529. The fourth-order valence-electron chi connectivity index (χ4n) is 2.10. The van der Waals surface area contributed by atoms with Crippen molar-refractivity contribution in [2.24, 2.45) is 5.92 Å². The SMILES string of the molecule is [CH2-]CC(C)C(=O)O.[CH2-]CCC[C@@H]1CCc2cccnc2N1.[Li+]. The van der Waals surface area contributed by atoms with Crippen LogP contribution in [0, 0.1) is 19.8 Å². The number of carboxylic acid groups (broad SMARTS) is 1. The number of hydrogen-bond acceptors (Lipinski definition) is 3. The number of aryl methyl sites for hydroxylation is 1. The summed E-state index contributed by atoms with van der Waals surface area (Å²) < 4.78 is 0. The number of nitrogens with zero attached hydrogens (tertiary/aromatic N) is 1. The molecule has 0 aromatic carbocycles. The molecule has 5 heteroatoms. The van der Waals surface area contributed by atoms with Crippen LogP contribution in [0.5, 0.6) is 0 Å². The molecule has 0 amide bonds. The minimum atomic E-state index is -0.769. The second kappa shape index (κ2) is 11.6. The molecule has 0 saturated carbocycles. The van der Waals surface area contributed by atoms with Crippen molar-refractivity contribution in [1.29, 1.82) is 0 Å². The molecule has 0 radical (unpaired) electrons. The normalized spacial score (nSPS) is 17.0. The minimum Gasteiger partial charge on any atom is -0.481 e. The first-order chi connectivity index (χ1) is 10.1. The van der Waals surface area contributed by atoms with E-state index >= 15 is 0 Å². The van der Waals surface area contributed by atoms with Crippen LogP contribution in [0.2, 0.25) is 0 Å². The van der Waals surface area contributed by atoms with Gasteiger partial charge in [0.25, 0.3) is 0 Å². The van der Waals surface area contributed by atoms with Crippen LogP contribution in [0.15, 0.2) is 18.3 Å². The van der Waals surface area contributed by atoms with Crippen LogP contribution in [-0.4, -0.2) is 22.1 Å². The molecule has 0 spiro atoms. The molecule has 0 aliphatic carbocycles.